The van der Waals surface area contributed by atoms with Gasteiger partial charge in [-0.15, -0.1) is 11.3 Å². The van der Waals surface area contributed by atoms with Crippen LogP contribution in [-0.4, -0.2) is 21.0 Å². The lowest BCUT2D eigenvalue weighted by molar-refractivity contribution is 0.0699. The van der Waals surface area contributed by atoms with Gasteiger partial charge in [0, 0.05) is 27.7 Å². The largest absolute Gasteiger partial charge is 0.478 e. The molecule has 0 amide bonds. The number of carboxylic acids is 1. The minimum absolute atomic E-state index is 0.265. The van der Waals surface area contributed by atoms with Gasteiger partial charge in [0.25, 0.3) is 0 Å². The van der Waals surface area contributed by atoms with E-state index in [0.717, 1.165) is 32.8 Å². The molecule has 0 bridgehead atoms. The van der Waals surface area contributed by atoms with Crippen LogP contribution in [0, 0.1) is 13.8 Å². The number of thiazole rings is 1. The van der Waals surface area contributed by atoms with Crippen molar-refractivity contribution < 1.29 is 9.90 Å². The van der Waals surface area contributed by atoms with Gasteiger partial charge in [-0.3, -0.25) is 0 Å². The van der Waals surface area contributed by atoms with Crippen LogP contribution in [-0.2, 0) is 6.54 Å². The third-order valence-electron chi connectivity index (χ3n) is 4.65. The Morgan fingerprint density at radius 1 is 1.17 bits per heavy atom. The Kier molecular flexibility index (Phi) is 5.22. The van der Waals surface area contributed by atoms with E-state index in [1.165, 1.54) is 11.3 Å². The predicted octanol–water partition coefficient (Wildman–Crippen LogP) is 5.94. The molecule has 0 saturated heterocycles. The summed E-state index contributed by atoms with van der Waals surface area (Å²) in [5.41, 5.74) is 5.42. The molecule has 0 spiro atoms. The number of hydrogen-bond acceptors (Lipinski definition) is 5. The molecule has 7 heteroatoms. The molecule has 4 aromatic rings. The van der Waals surface area contributed by atoms with Crippen LogP contribution in [0.1, 0.15) is 26.4 Å². The zero-order chi connectivity index (χ0) is 20.5. The van der Waals surface area contributed by atoms with Crippen LogP contribution < -0.4 is 5.32 Å². The monoisotopic (exact) mass is 423 g/mol. The highest BCUT2D eigenvalue weighted by Crippen LogP contribution is 2.29. The smallest absolute Gasteiger partial charge is 0.336 e. The van der Waals surface area contributed by atoms with Crippen molar-refractivity contribution in [2.75, 3.05) is 5.32 Å². The van der Waals surface area contributed by atoms with E-state index in [1.54, 1.807) is 12.3 Å². The van der Waals surface area contributed by atoms with Gasteiger partial charge in [0.1, 0.15) is 0 Å². The Morgan fingerprint density at radius 2 is 1.93 bits per heavy atom. The van der Waals surface area contributed by atoms with Crippen molar-refractivity contribution in [1.82, 2.24) is 9.97 Å². The van der Waals surface area contributed by atoms with Crippen LogP contribution in [0.3, 0.4) is 0 Å². The van der Waals surface area contributed by atoms with E-state index in [4.69, 9.17) is 16.6 Å². The first-order valence-electron chi connectivity index (χ1n) is 9.00. The Labute approximate surface area is 177 Å². The number of pyridine rings is 1. The average molecular weight is 424 g/mol. The molecule has 146 valence electrons. The van der Waals surface area contributed by atoms with Crippen LogP contribution in [0.5, 0.6) is 0 Å². The number of rotatable bonds is 5. The molecule has 5 nitrogen and oxygen atoms in total. The third-order valence-corrected chi connectivity index (χ3v) is 5.77. The summed E-state index contributed by atoms with van der Waals surface area (Å²) in [6.45, 7) is 4.55. The van der Waals surface area contributed by atoms with Gasteiger partial charge in [0.2, 0.25) is 0 Å². The van der Waals surface area contributed by atoms with E-state index in [0.29, 0.717) is 22.1 Å². The summed E-state index contributed by atoms with van der Waals surface area (Å²) in [6.07, 6.45) is 1.75. The lowest BCUT2D eigenvalue weighted by Crippen LogP contribution is -2.02. The van der Waals surface area contributed by atoms with Gasteiger partial charge in [0.15, 0.2) is 4.47 Å². The highest BCUT2D eigenvalue weighted by Gasteiger charge is 2.15. The van der Waals surface area contributed by atoms with E-state index in [2.05, 4.69) is 10.3 Å². The van der Waals surface area contributed by atoms with Crippen LogP contribution in [0.4, 0.5) is 5.69 Å². The first-order chi connectivity index (χ1) is 13.9. The Balaban J connectivity index is 1.66. The third kappa shape index (κ3) is 4.09. The van der Waals surface area contributed by atoms with Gasteiger partial charge in [-0.25, -0.2) is 14.8 Å². The van der Waals surface area contributed by atoms with Gasteiger partial charge in [-0.05, 0) is 43.7 Å². The minimum atomic E-state index is -0.954. The fourth-order valence-electron chi connectivity index (χ4n) is 3.32. The highest BCUT2D eigenvalue weighted by molar-refractivity contribution is 7.15. The van der Waals surface area contributed by atoms with E-state index in [-0.39, 0.29) is 5.56 Å². The molecule has 0 saturated carbocycles. The molecule has 0 aliphatic rings. The molecule has 0 unspecified atom stereocenters. The Bertz CT molecular complexity index is 1220. The van der Waals surface area contributed by atoms with E-state index < -0.39 is 5.97 Å². The maximum Gasteiger partial charge on any atom is 0.336 e. The molecule has 0 radical (unpaired) electrons. The number of fused-ring (bicyclic) bond motifs is 1. The first kappa shape index (κ1) is 19.4. The minimum Gasteiger partial charge on any atom is -0.478 e. The zero-order valence-corrected chi connectivity index (χ0v) is 17.4. The molecule has 0 fully saturated rings. The molecule has 4 rings (SSSR count). The molecular formula is C22H18ClN3O2S. The average Bonchev–Trinajstić information content (AvgIpc) is 3.11. The fourth-order valence-corrected chi connectivity index (χ4v) is 4.24. The van der Waals surface area contributed by atoms with Gasteiger partial charge in [-0.2, -0.15) is 0 Å². The number of nitrogens with zero attached hydrogens (tertiary/aromatic N) is 2. The number of nitrogens with one attached hydrogen (secondary N) is 1. The van der Waals surface area contributed by atoms with Crippen LogP contribution >= 0.6 is 22.9 Å². The number of hydrogen-bond donors (Lipinski definition) is 2. The summed E-state index contributed by atoms with van der Waals surface area (Å²) in [7, 11) is 0. The Hall–Kier alpha value is -2.96. The van der Waals surface area contributed by atoms with Crippen molar-refractivity contribution in [2.24, 2.45) is 0 Å². The number of carboxylic acid groups (broad SMARTS) is 1. The second kappa shape index (κ2) is 7.81. The number of benzene rings is 2. The number of anilines is 1. The number of halogens is 1. The number of carbonyl (C=O) groups is 1. The molecule has 2 aromatic heterocycles. The summed E-state index contributed by atoms with van der Waals surface area (Å²) in [4.78, 5) is 21.7. The van der Waals surface area contributed by atoms with Crippen molar-refractivity contribution in [3.8, 4) is 11.3 Å². The molecular weight excluding hydrogens is 406 g/mol. The zero-order valence-electron chi connectivity index (χ0n) is 15.9. The van der Waals surface area contributed by atoms with Gasteiger partial charge < -0.3 is 10.4 Å². The molecule has 0 aliphatic heterocycles. The topological polar surface area (TPSA) is 75.1 Å². The first-order valence-corrected chi connectivity index (χ1v) is 10.2. The molecule has 2 heterocycles. The second-order valence-electron chi connectivity index (χ2n) is 6.85. The molecule has 29 heavy (non-hydrogen) atoms. The van der Waals surface area contributed by atoms with E-state index >= 15 is 0 Å². The van der Waals surface area contributed by atoms with Crippen LogP contribution in [0.25, 0.3) is 22.2 Å². The second-order valence-corrected chi connectivity index (χ2v) is 8.55. The van der Waals surface area contributed by atoms with Crippen molar-refractivity contribution in [3.05, 3.63) is 74.7 Å². The summed E-state index contributed by atoms with van der Waals surface area (Å²) in [5.74, 6) is -0.954. The summed E-state index contributed by atoms with van der Waals surface area (Å²) in [5, 5.41) is 13.7. The molecule has 2 N–H and O–H groups in total. The predicted molar refractivity (Wildman–Crippen MR) is 118 cm³/mol. The van der Waals surface area contributed by atoms with Crippen molar-refractivity contribution in [1.29, 1.82) is 0 Å². The van der Waals surface area contributed by atoms with Gasteiger partial charge >= 0.3 is 5.97 Å². The van der Waals surface area contributed by atoms with E-state index in [9.17, 15) is 9.90 Å². The summed E-state index contributed by atoms with van der Waals surface area (Å²) < 4.78 is 0.527. The summed E-state index contributed by atoms with van der Waals surface area (Å²) in [6, 6.07) is 13.3. The van der Waals surface area contributed by atoms with Crippen molar-refractivity contribution >= 4 is 45.5 Å². The SMILES string of the molecule is Cc1cc(C)c2nc(-c3ccc(NCc4cnc(Cl)s4)cc3)cc(C(=O)O)c2c1. The van der Waals surface area contributed by atoms with E-state index in [1.807, 2.05) is 50.2 Å². The maximum atomic E-state index is 11.8. The maximum absolute atomic E-state index is 11.8. The van der Waals surface area contributed by atoms with Crippen LogP contribution in [0.15, 0.2) is 48.7 Å². The number of aromatic carboxylic acids is 1. The van der Waals surface area contributed by atoms with Crippen LogP contribution in [0.2, 0.25) is 4.47 Å². The Morgan fingerprint density at radius 3 is 2.59 bits per heavy atom. The normalized spacial score (nSPS) is 11.0. The molecule has 0 atom stereocenters. The lowest BCUT2D eigenvalue weighted by atomic mass is 10.00. The van der Waals surface area contributed by atoms with Gasteiger partial charge in [-0.1, -0.05) is 35.4 Å². The van der Waals surface area contributed by atoms with Gasteiger partial charge in [0.05, 0.1) is 23.3 Å². The van der Waals surface area contributed by atoms with Crippen molar-refractivity contribution in [3.63, 3.8) is 0 Å². The summed E-state index contributed by atoms with van der Waals surface area (Å²) >= 11 is 7.30. The highest BCUT2D eigenvalue weighted by atomic mass is 35.5. The quantitative estimate of drug-likeness (QED) is 0.415. The lowest BCUT2D eigenvalue weighted by Gasteiger charge is -2.11. The molecule has 0 aliphatic carbocycles. The number of aryl methyl sites for hydroxylation is 2. The number of aromatic nitrogens is 2. The van der Waals surface area contributed by atoms with Crippen molar-refractivity contribution in [2.45, 2.75) is 20.4 Å². The molecule has 2 aromatic carbocycles. The standard InChI is InChI=1S/C22H18ClN3O2S/c1-12-7-13(2)20-17(8-12)18(21(27)28)9-19(26-20)14-3-5-15(6-4-14)24-10-16-11-25-22(23)29-16/h3-9,11,24H,10H2,1-2H3,(H,27,28). The fraction of sp³-hybridized carbons (Fsp3) is 0.136.